The van der Waals surface area contributed by atoms with Gasteiger partial charge in [-0.3, -0.25) is 4.79 Å². The maximum absolute atomic E-state index is 13.3. The van der Waals surface area contributed by atoms with E-state index >= 15 is 0 Å². The molecule has 1 N–H and O–H groups in total. The maximum atomic E-state index is 13.3. The Labute approximate surface area is 194 Å². The Kier molecular flexibility index (Phi) is 7.55. The number of nitrogens with zero attached hydrogens (tertiary/aromatic N) is 1. The topological polar surface area (TPSA) is 62.1 Å². The first kappa shape index (κ1) is 22.7. The molecule has 156 valence electrons. The molecule has 0 saturated heterocycles. The summed E-state index contributed by atoms with van der Waals surface area (Å²) in [5.41, 5.74) is 1.49. The number of amides is 1. The average molecular weight is 548 g/mol. The van der Waals surface area contributed by atoms with Crippen LogP contribution in [0.25, 0.3) is 6.08 Å². The molecule has 1 amide bonds. The van der Waals surface area contributed by atoms with Gasteiger partial charge in [0.05, 0.1) is 8.95 Å². The Balaban J connectivity index is 1.76. The van der Waals surface area contributed by atoms with Crippen LogP contribution in [0.2, 0.25) is 0 Å². The van der Waals surface area contributed by atoms with E-state index in [2.05, 4.69) is 37.2 Å². The number of nitrogens with one attached hydrogen (secondary N) is 1. The highest BCUT2D eigenvalue weighted by molar-refractivity contribution is 9.11. The van der Waals surface area contributed by atoms with Gasteiger partial charge in [-0.15, -0.1) is 0 Å². The Morgan fingerprint density at radius 1 is 1.03 bits per heavy atom. The van der Waals surface area contributed by atoms with E-state index in [0.29, 0.717) is 31.5 Å². The van der Waals surface area contributed by atoms with Crippen LogP contribution >= 0.6 is 31.9 Å². The second kappa shape index (κ2) is 10.3. The number of ether oxygens (including phenoxy) is 1. The summed E-state index contributed by atoms with van der Waals surface area (Å²) in [6.45, 7) is 0.160. The summed E-state index contributed by atoms with van der Waals surface area (Å²) >= 11 is 6.84. The molecular formula is C23H14Br2F2N2O2. The lowest BCUT2D eigenvalue weighted by Crippen LogP contribution is -2.13. The molecule has 0 atom stereocenters. The summed E-state index contributed by atoms with van der Waals surface area (Å²) in [5, 5.41) is 11.9. The molecule has 0 aliphatic heterocycles. The van der Waals surface area contributed by atoms with Gasteiger partial charge in [0.25, 0.3) is 5.91 Å². The molecule has 3 aromatic carbocycles. The minimum absolute atomic E-state index is 0.128. The summed E-state index contributed by atoms with van der Waals surface area (Å²) < 4.78 is 33.3. The van der Waals surface area contributed by atoms with E-state index in [0.717, 1.165) is 0 Å². The van der Waals surface area contributed by atoms with Crippen LogP contribution in [0.4, 0.5) is 14.5 Å². The highest BCUT2D eigenvalue weighted by Gasteiger charge is 2.13. The number of nitriles is 1. The SMILES string of the molecule is N#C/C(=C\c1cc(Br)c(OCc2cccc(F)c2)c(Br)c1)C(=O)Nc1ccc(F)cc1. The first-order valence-corrected chi connectivity index (χ1v) is 10.5. The van der Waals surface area contributed by atoms with Crippen molar-refractivity contribution in [1.82, 2.24) is 0 Å². The smallest absolute Gasteiger partial charge is 0.266 e. The van der Waals surface area contributed by atoms with Gasteiger partial charge >= 0.3 is 0 Å². The van der Waals surface area contributed by atoms with Crippen molar-refractivity contribution >= 4 is 49.5 Å². The minimum atomic E-state index is -0.618. The normalized spacial score (nSPS) is 11.0. The Morgan fingerprint density at radius 2 is 1.71 bits per heavy atom. The van der Waals surface area contributed by atoms with E-state index in [-0.39, 0.29) is 18.0 Å². The van der Waals surface area contributed by atoms with E-state index in [4.69, 9.17) is 4.74 Å². The third-order valence-corrected chi connectivity index (χ3v) is 5.25. The van der Waals surface area contributed by atoms with Crippen molar-refractivity contribution in [2.45, 2.75) is 6.61 Å². The number of hydrogen-bond donors (Lipinski definition) is 1. The Hall–Kier alpha value is -3.02. The van der Waals surface area contributed by atoms with Crippen LogP contribution in [0.15, 0.2) is 75.2 Å². The van der Waals surface area contributed by atoms with Crippen LogP contribution < -0.4 is 10.1 Å². The summed E-state index contributed by atoms with van der Waals surface area (Å²) in [4.78, 5) is 12.4. The van der Waals surface area contributed by atoms with Gasteiger partial charge in [-0.2, -0.15) is 5.26 Å². The van der Waals surface area contributed by atoms with Gasteiger partial charge in [0.15, 0.2) is 0 Å². The van der Waals surface area contributed by atoms with E-state index in [1.165, 1.54) is 42.5 Å². The maximum Gasteiger partial charge on any atom is 0.266 e. The van der Waals surface area contributed by atoms with Crippen molar-refractivity contribution in [3.63, 3.8) is 0 Å². The molecule has 3 rings (SSSR count). The van der Waals surface area contributed by atoms with Crippen molar-refractivity contribution in [3.05, 3.63) is 97.9 Å². The molecule has 4 nitrogen and oxygen atoms in total. The number of benzene rings is 3. The first-order chi connectivity index (χ1) is 14.9. The molecule has 0 bridgehead atoms. The molecule has 0 saturated carbocycles. The van der Waals surface area contributed by atoms with E-state index in [1.807, 2.05) is 6.07 Å². The van der Waals surface area contributed by atoms with Crippen molar-refractivity contribution in [3.8, 4) is 11.8 Å². The van der Waals surface area contributed by atoms with Crippen LogP contribution in [0.3, 0.4) is 0 Å². The van der Waals surface area contributed by atoms with Gasteiger partial charge in [-0.05, 0) is 97.6 Å². The lowest BCUT2D eigenvalue weighted by Gasteiger charge is -2.12. The predicted molar refractivity (Wildman–Crippen MR) is 121 cm³/mol. The number of carbonyl (C=O) groups excluding carboxylic acids is 1. The third-order valence-electron chi connectivity index (χ3n) is 4.07. The van der Waals surface area contributed by atoms with Crippen LogP contribution in [0, 0.1) is 23.0 Å². The molecule has 0 spiro atoms. The van der Waals surface area contributed by atoms with Crippen LogP contribution in [0.1, 0.15) is 11.1 Å². The Morgan fingerprint density at radius 3 is 2.32 bits per heavy atom. The zero-order chi connectivity index (χ0) is 22.4. The summed E-state index contributed by atoms with van der Waals surface area (Å²) in [5.74, 6) is -0.894. The lowest BCUT2D eigenvalue weighted by molar-refractivity contribution is -0.112. The molecule has 31 heavy (non-hydrogen) atoms. The first-order valence-electron chi connectivity index (χ1n) is 8.90. The van der Waals surface area contributed by atoms with Gasteiger partial charge < -0.3 is 10.1 Å². The zero-order valence-corrected chi connectivity index (χ0v) is 19.0. The second-order valence-corrected chi connectivity index (χ2v) is 8.07. The predicted octanol–water partition coefficient (Wildman–Crippen LogP) is 6.61. The Bertz CT molecular complexity index is 1170. The van der Waals surface area contributed by atoms with E-state index < -0.39 is 11.7 Å². The van der Waals surface area contributed by atoms with Gasteiger partial charge in [0.2, 0.25) is 0 Å². The number of rotatable bonds is 6. The van der Waals surface area contributed by atoms with Crippen molar-refractivity contribution in [2.24, 2.45) is 0 Å². The highest BCUT2D eigenvalue weighted by Crippen LogP contribution is 2.36. The van der Waals surface area contributed by atoms with Gasteiger partial charge in [-0.1, -0.05) is 12.1 Å². The number of hydrogen-bond acceptors (Lipinski definition) is 3. The number of carbonyl (C=O) groups is 1. The fourth-order valence-corrected chi connectivity index (χ4v) is 4.08. The van der Waals surface area contributed by atoms with E-state index in [1.54, 1.807) is 24.3 Å². The molecular weight excluding hydrogens is 534 g/mol. The van der Waals surface area contributed by atoms with Crippen molar-refractivity contribution in [2.75, 3.05) is 5.32 Å². The quantitative estimate of drug-likeness (QED) is 0.279. The monoisotopic (exact) mass is 546 g/mol. The molecule has 0 fully saturated rings. The lowest BCUT2D eigenvalue weighted by atomic mass is 10.1. The van der Waals surface area contributed by atoms with Gasteiger partial charge in [0.1, 0.15) is 35.6 Å². The summed E-state index contributed by atoms with van der Waals surface area (Å²) in [7, 11) is 0. The van der Waals surface area contributed by atoms with Gasteiger partial charge in [0, 0.05) is 5.69 Å². The molecule has 3 aromatic rings. The average Bonchev–Trinajstić information content (AvgIpc) is 2.73. The minimum Gasteiger partial charge on any atom is -0.487 e. The fraction of sp³-hybridized carbons (Fsp3) is 0.0435. The van der Waals surface area contributed by atoms with Crippen LogP contribution in [-0.2, 0) is 11.4 Å². The van der Waals surface area contributed by atoms with Crippen molar-refractivity contribution < 1.29 is 18.3 Å². The number of anilines is 1. The molecule has 0 aromatic heterocycles. The molecule has 8 heteroatoms. The second-order valence-electron chi connectivity index (χ2n) is 6.36. The van der Waals surface area contributed by atoms with E-state index in [9.17, 15) is 18.8 Å². The van der Waals surface area contributed by atoms with Crippen molar-refractivity contribution in [1.29, 1.82) is 5.26 Å². The third kappa shape index (κ3) is 6.23. The number of halogens is 4. The largest absolute Gasteiger partial charge is 0.487 e. The molecule has 0 aliphatic rings. The van der Waals surface area contributed by atoms with Crippen LogP contribution in [-0.4, -0.2) is 5.91 Å². The molecule has 0 unspecified atom stereocenters. The van der Waals surface area contributed by atoms with Gasteiger partial charge in [-0.25, -0.2) is 8.78 Å². The molecule has 0 heterocycles. The molecule has 0 aliphatic carbocycles. The fourth-order valence-electron chi connectivity index (χ4n) is 2.63. The zero-order valence-electron chi connectivity index (χ0n) is 15.8. The molecule has 0 radical (unpaired) electrons. The highest BCUT2D eigenvalue weighted by atomic mass is 79.9. The van der Waals surface area contributed by atoms with Crippen LogP contribution in [0.5, 0.6) is 5.75 Å². The summed E-state index contributed by atoms with van der Waals surface area (Å²) in [6.07, 6.45) is 1.42. The summed E-state index contributed by atoms with van der Waals surface area (Å²) in [6, 6.07) is 16.6. The standard InChI is InChI=1S/C23H14Br2F2N2O2/c24-20-10-15(8-16(12-28)23(30)29-19-6-4-17(26)5-7-19)11-21(25)22(20)31-13-14-2-1-3-18(27)9-14/h1-11H,13H2,(H,29,30)/b16-8+.